The molecule has 2 rings (SSSR count). The van der Waals surface area contributed by atoms with E-state index in [-0.39, 0.29) is 17.9 Å². The molecule has 2 aromatic rings. The lowest BCUT2D eigenvalue weighted by molar-refractivity contribution is 0.493. The van der Waals surface area contributed by atoms with E-state index < -0.39 is 0 Å². The molecule has 0 saturated carbocycles. The summed E-state index contributed by atoms with van der Waals surface area (Å²) in [5.41, 5.74) is 5.00. The number of benzene rings is 2. The Morgan fingerprint density at radius 2 is 1.35 bits per heavy atom. The minimum absolute atomic E-state index is 0.187. The van der Waals surface area contributed by atoms with E-state index in [1.807, 2.05) is 12.1 Å². The molecular formula is C18H22FN. The molecule has 0 aliphatic rings. The zero-order valence-electron chi connectivity index (χ0n) is 12.6. The fourth-order valence-electron chi connectivity index (χ4n) is 2.35. The molecular weight excluding hydrogens is 249 g/mol. The largest absolute Gasteiger partial charge is 0.304 e. The predicted molar refractivity (Wildman–Crippen MR) is 82.3 cm³/mol. The molecule has 1 N–H and O–H groups in total. The monoisotopic (exact) mass is 271 g/mol. The molecule has 0 aromatic heterocycles. The third-order valence-corrected chi connectivity index (χ3v) is 3.90. The molecule has 0 aliphatic carbocycles. The minimum Gasteiger partial charge on any atom is -0.304 e. The molecule has 0 bridgehead atoms. The maximum Gasteiger partial charge on any atom is 0.123 e. The van der Waals surface area contributed by atoms with E-state index in [2.05, 4.69) is 51.2 Å². The highest BCUT2D eigenvalue weighted by Gasteiger charge is 2.11. The van der Waals surface area contributed by atoms with Gasteiger partial charge >= 0.3 is 0 Å². The molecule has 0 spiro atoms. The fourth-order valence-corrected chi connectivity index (χ4v) is 2.35. The summed E-state index contributed by atoms with van der Waals surface area (Å²) in [5, 5.41) is 3.56. The van der Waals surface area contributed by atoms with Gasteiger partial charge in [0.05, 0.1) is 0 Å². The van der Waals surface area contributed by atoms with Crippen LogP contribution in [-0.4, -0.2) is 0 Å². The van der Waals surface area contributed by atoms with Gasteiger partial charge in [-0.3, -0.25) is 0 Å². The standard InChI is InChI=1S/C18H22FN/c1-12-5-6-17(11-13(12)2)15(4)20-14(3)16-7-9-18(19)10-8-16/h5-11,14-15,20H,1-4H3/t14-,15?/m0/s1. The van der Waals surface area contributed by atoms with Crippen LogP contribution in [0.25, 0.3) is 0 Å². The van der Waals surface area contributed by atoms with E-state index in [0.29, 0.717) is 0 Å². The zero-order chi connectivity index (χ0) is 14.7. The van der Waals surface area contributed by atoms with Gasteiger partial charge in [-0.1, -0.05) is 30.3 Å². The lowest BCUT2D eigenvalue weighted by atomic mass is 10.0. The van der Waals surface area contributed by atoms with Gasteiger partial charge in [0.1, 0.15) is 5.82 Å². The lowest BCUT2D eigenvalue weighted by Gasteiger charge is -2.21. The van der Waals surface area contributed by atoms with E-state index >= 15 is 0 Å². The number of hydrogen-bond donors (Lipinski definition) is 1. The Balaban J connectivity index is 2.08. The van der Waals surface area contributed by atoms with Crippen LogP contribution in [-0.2, 0) is 0 Å². The van der Waals surface area contributed by atoms with Crippen molar-refractivity contribution in [1.29, 1.82) is 0 Å². The summed E-state index contributed by atoms with van der Waals surface area (Å²) in [6, 6.07) is 13.7. The Hall–Kier alpha value is -1.67. The summed E-state index contributed by atoms with van der Waals surface area (Å²) in [5.74, 6) is -0.192. The van der Waals surface area contributed by atoms with Crippen LogP contribution in [0.5, 0.6) is 0 Å². The second kappa shape index (κ2) is 6.19. The second-order valence-corrected chi connectivity index (χ2v) is 5.51. The van der Waals surface area contributed by atoms with E-state index in [9.17, 15) is 4.39 Å². The van der Waals surface area contributed by atoms with Crippen molar-refractivity contribution in [3.05, 3.63) is 70.5 Å². The first-order valence-corrected chi connectivity index (χ1v) is 7.06. The summed E-state index contributed by atoms with van der Waals surface area (Å²) in [7, 11) is 0. The molecule has 0 saturated heterocycles. The maximum absolute atomic E-state index is 12.9. The smallest absolute Gasteiger partial charge is 0.123 e. The normalized spacial score (nSPS) is 14.1. The van der Waals surface area contributed by atoms with Crippen molar-refractivity contribution in [2.75, 3.05) is 0 Å². The average Bonchev–Trinajstić information content (AvgIpc) is 2.42. The van der Waals surface area contributed by atoms with Crippen molar-refractivity contribution >= 4 is 0 Å². The molecule has 0 radical (unpaired) electrons. The van der Waals surface area contributed by atoms with Gasteiger partial charge in [-0.05, 0) is 62.1 Å². The van der Waals surface area contributed by atoms with Gasteiger partial charge in [0, 0.05) is 12.1 Å². The first-order chi connectivity index (χ1) is 9.47. The van der Waals surface area contributed by atoms with E-state index in [4.69, 9.17) is 0 Å². The SMILES string of the molecule is Cc1ccc(C(C)N[C@@H](C)c2ccc(F)cc2)cc1C. The molecule has 0 aliphatic heterocycles. The molecule has 20 heavy (non-hydrogen) atoms. The summed E-state index contributed by atoms with van der Waals surface area (Å²) in [4.78, 5) is 0. The molecule has 1 unspecified atom stereocenters. The second-order valence-electron chi connectivity index (χ2n) is 5.51. The summed E-state index contributed by atoms with van der Waals surface area (Å²) >= 11 is 0. The van der Waals surface area contributed by atoms with Crippen LogP contribution in [0, 0.1) is 19.7 Å². The molecule has 2 atom stereocenters. The van der Waals surface area contributed by atoms with Crippen molar-refractivity contribution in [3.63, 3.8) is 0 Å². The fraction of sp³-hybridized carbons (Fsp3) is 0.333. The van der Waals surface area contributed by atoms with Crippen molar-refractivity contribution in [1.82, 2.24) is 5.32 Å². The van der Waals surface area contributed by atoms with Gasteiger partial charge in [-0.15, -0.1) is 0 Å². The van der Waals surface area contributed by atoms with Crippen LogP contribution in [0.1, 0.15) is 48.2 Å². The topological polar surface area (TPSA) is 12.0 Å². The van der Waals surface area contributed by atoms with E-state index in [0.717, 1.165) is 5.56 Å². The van der Waals surface area contributed by atoms with Crippen molar-refractivity contribution in [2.45, 2.75) is 39.8 Å². The van der Waals surface area contributed by atoms with Crippen LogP contribution in [0.15, 0.2) is 42.5 Å². The van der Waals surface area contributed by atoms with E-state index in [1.54, 1.807) is 0 Å². The van der Waals surface area contributed by atoms with Crippen molar-refractivity contribution < 1.29 is 4.39 Å². The molecule has 106 valence electrons. The van der Waals surface area contributed by atoms with Gasteiger partial charge in [0.15, 0.2) is 0 Å². The number of aryl methyl sites for hydroxylation is 2. The number of halogens is 1. The van der Waals surface area contributed by atoms with Gasteiger partial charge in [0.25, 0.3) is 0 Å². The quantitative estimate of drug-likeness (QED) is 0.837. The highest BCUT2D eigenvalue weighted by Crippen LogP contribution is 2.21. The number of rotatable bonds is 4. The molecule has 0 heterocycles. The zero-order valence-corrected chi connectivity index (χ0v) is 12.6. The first-order valence-electron chi connectivity index (χ1n) is 7.06. The van der Waals surface area contributed by atoms with Crippen LogP contribution >= 0.6 is 0 Å². The summed E-state index contributed by atoms with van der Waals surface area (Å²) in [6.45, 7) is 8.52. The Kier molecular flexibility index (Phi) is 4.56. The number of hydrogen-bond acceptors (Lipinski definition) is 1. The Bertz CT molecular complexity index is 574. The van der Waals surface area contributed by atoms with Gasteiger partial charge in [0.2, 0.25) is 0 Å². The van der Waals surface area contributed by atoms with Crippen molar-refractivity contribution in [2.24, 2.45) is 0 Å². The average molecular weight is 271 g/mol. The third-order valence-electron chi connectivity index (χ3n) is 3.90. The Labute approximate surface area is 120 Å². The minimum atomic E-state index is -0.192. The Morgan fingerprint density at radius 1 is 0.800 bits per heavy atom. The highest BCUT2D eigenvalue weighted by molar-refractivity contribution is 5.31. The van der Waals surface area contributed by atoms with Crippen molar-refractivity contribution in [3.8, 4) is 0 Å². The van der Waals surface area contributed by atoms with Crippen LogP contribution < -0.4 is 5.32 Å². The van der Waals surface area contributed by atoms with Gasteiger partial charge in [-0.2, -0.15) is 0 Å². The van der Waals surface area contributed by atoms with Gasteiger partial charge < -0.3 is 5.32 Å². The number of nitrogens with one attached hydrogen (secondary N) is 1. The maximum atomic E-state index is 12.9. The van der Waals surface area contributed by atoms with Gasteiger partial charge in [-0.25, -0.2) is 4.39 Å². The molecule has 2 heteroatoms. The summed E-state index contributed by atoms with van der Waals surface area (Å²) in [6.07, 6.45) is 0. The van der Waals surface area contributed by atoms with Crippen LogP contribution in [0.3, 0.4) is 0 Å². The lowest BCUT2D eigenvalue weighted by Crippen LogP contribution is -2.22. The molecule has 0 amide bonds. The molecule has 1 nitrogen and oxygen atoms in total. The van der Waals surface area contributed by atoms with E-state index in [1.165, 1.54) is 28.8 Å². The van der Waals surface area contributed by atoms with Crippen LogP contribution in [0.2, 0.25) is 0 Å². The summed E-state index contributed by atoms with van der Waals surface area (Å²) < 4.78 is 12.9. The highest BCUT2D eigenvalue weighted by atomic mass is 19.1. The molecule has 2 aromatic carbocycles. The predicted octanol–water partition coefficient (Wildman–Crippen LogP) is 4.85. The molecule has 0 fully saturated rings. The Morgan fingerprint density at radius 3 is 1.95 bits per heavy atom. The third kappa shape index (κ3) is 3.45. The van der Waals surface area contributed by atoms with Crippen LogP contribution in [0.4, 0.5) is 4.39 Å². The first kappa shape index (κ1) is 14.7.